The third-order valence-corrected chi connectivity index (χ3v) is 3.93. The lowest BCUT2D eigenvalue weighted by Crippen LogP contribution is -2.51. The van der Waals surface area contributed by atoms with Crippen LogP contribution in [0.15, 0.2) is 18.2 Å². The molecule has 0 saturated carbocycles. The topological polar surface area (TPSA) is 75.4 Å². The number of nitrogens with two attached hydrogens (primary N) is 1. The van der Waals surface area contributed by atoms with Gasteiger partial charge < -0.3 is 16.0 Å². The van der Waals surface area contributed by atoms with Crippen molar-refractivity contribution >= 4 is 29.9 Å². The highest BCUT2D eigenvalue weighted by Crippen LogP contribution is 2.24. The van der Waals surface area contributed by atoms with E-state index in [0.29, 0.717) is 12.2 Å². The van der Waals surface area contributed by atoms with E-state index < -0.39 is 5.82 Å². The molecule has 23 heavy (non-hydrogen) atoms. The van der Waals surface area contributed by atoms with Gasteiger partial charge in [0.25, 0.3) is 5.91 Å². The average Bonchev–Trinajstić information content (AvgIpc) is 2.48. The number of likely N-dealkylation sites (tertiary alicyclic amines) is 1. The van der Waals surface area contributed by atoms with Gasteiger partial charge in [-0.1, -0.05) is 0 Å². The highest BCUT2D eigenvalue weighted by Gasteiger charge is 2.31. The molecule has 128 valence electrons. The van der Waals surface area contributed by atoms with E-state index >= 15 is 0 Å². The molecule has 0 spiro atoms. The van der Waals surface area contributed by atoms with Crippen LogP contribution in [0.3, 0.4) is 0 Å². The van der Waals surface area contributed by atoms with E-state index in [1.807, 2.05) is 6.92 Å². The normalized spacial score (nSPS) is 18.8. The number of anilines is 1. The number of benzene rings is 1. The molecule has 0 bridgehead atoms. The summed E-state index contributed by atoms with van der Waals surface area (Å²) in [6, 6.07) is 3.78. The summed E-state index contributed by atoms with van der Waals surface area (Å²) in [6.45, 7) is 3.80. The van der Waals surface area contributed by atoms with Crippen molar-refractivity contribution < 1.29 is 14.0 Å². The molecule has 0 aliphatic carbocycles. The molecule has 0 radical (unpaired) electrons. The first kappa shape index (κ1) is 19.4. The van der Waals surface area contributed by atoms with Crippen LogP contribution in [0, 0.1) is 5.82 Å². The Bertz CT molecular complexity index is 580. The number of hydrogen-bond acceptors (Lipinski definition) is 3. The minimum atomic E-state index is -0.590. The van der Waals surface area contributed by atoms with Crippen molar-refractivity contribution in [1.29, 1.82) is 0 Å². The molecule has 0 aromatic heterocycles. The summed E-state index contributed by atoms with van der Waals surface area (Å²) in [5.74, 6) is -1.23. The zero-order chi connectivity index (χ0) is 16.3. The van der Waals surface area contributed by atoms with E-state index in [0.717, 1.165) is 19.3 Å². The predicted molar refractivity (Wildman–Crippen MR) is 90.3 cm³/mol. The van der Waals surface area contributed by atoms with Crippen molar-refractivity contribution in [3.63, 3.8) is 0 Å². The van der Waals surface area contributed by atoms with Gasteiger partial charge in [0.2, 0.25) is 5.91 Å². The molecule has 1 aliphatic heterocycles. The van der Waals surface area contributed by atoms with Crippen LogP contribution in [0.2, 0.25) is 0 Å². The SMILES string of the molecule is CC(=O)Nc1ccc(F)c(C(=O)N2CCCCC2C(C)N)c1.Cl. The maximum Gasteiger partial charge on any atom is 0.257 e. The van der Waals surface area contributed by atoms with Gasteiger partial charge in [-0.2, -0.15) is 0 Å². The third-order valence-electron chi connectivity index (χ3n) is 3.93. The summed E-state index contributed by atoms with van der Waals surface area (Å²) in [4.78, 5) is 25.5. The number of amides is 2. The number of hydrogen-bond donors (Lipinski definition) is 2. The Morgan fingerprint density at radius 3 is 2.70 bits per heavy atom. The number of nitrogens with zero attached hydrogens (tertiary/aromatic N) is 1. The smallest absolute Gasteiger partial charge is 0.257 e. The lowest BCUT2D eigenvalue weighted by molar-refractivity contribution is -0.114. The van der Waals surface area contributed by atoms with Crippen LogP contribution in [-0.2, 0) is 4.79 Å². The summed E-state index contributed by atoms with van der Waals surface area (Å²) in [6.07, 6.45) is 2.74. The first-order chi connectivity index (χ1) is 10.4. The van der Waals surface area contributed by atoms with Crippen LogP contribution in [0.4, 0.5) is 10.1 Å². The monoisotopic (exact) mass is 343 g/mol. The molecule has 2 unspecified atom stereocenters. The predicted octanol–water partition coefficient (Wildman–Crippen LogP) is 2.55. The average molecular weight is 344 g/mol. The minimum Gasteiger partial charge on any atom is -0.334 e. The lowest BCUT2D eigenvalue weighted by atomic mass is 9.96. The van der Waals surface area contributed by atoms with Crippen molar-refractivity contribution in [2.24, 2.45) is 5.73 Å². The second kappa shape index (κ2) is 8.26. The Labute approximate surface area is 141 Å². The molecule has 1 aliphatic rings. The molecule has 1 aromatic rings. The first-order valence-electron chi connectivity index (χ1n) is 7.54. The largest absolute Gasteiger partial charge is 0.334 e. The maximum absolute atomic E-state index is 14.0. The summed E-state index contributed by atoms with van der Waals surface area (Å²) >= 11 is 0. The molecule has 2 amide bonds. The Kier molecular flexibility index (Phi) is 6.97. The standard InChI is InChI=1S/C16H22FN3O2.ClH/c1-10(18)15-5-3-4-8-20(15)16(22)13-9-12(19-11(2)21)6-7-14(13)17;/h6-7,9-10,15H,3-5,8,18H2,1-2H3,(H,19,21);1H. The van der Waals surface area contributed by atoms with E-state index in [-0.39, 0.29) is 41.9 Å². The first-order valence-corrected chi connectivity index (χ1v) is 7.54. The number of rotatable bonds is 3. The van der Waals surface area contributed by atoms with Crippen molar-refractivity contribution in [3.8, 4) is 0 Å². The number of halogens is 2. The summed E-state index contributed by atoms with van der Waals surface area (Å²) < 4.78 is 14.0. The fourth-order valence-corrected chi connectivity index (χ4v) is 2.88. The molecule has 1 saturated heterocycles. The van der Waals surface area contributed by atoms with Crippen LogP contribution >= 0.6 is 12.4 Å². The molecule has 5 nitrogen and oxygen atoms in total. The number of carbonyl (C=O) groups excluding carboxylic acids is 2. The van der Waals surface area contributed by atoms with Crippen molar-refractivity contribution in [3.05, 3.63) is 29.6 Å². The Balaban J connectivity index is 0.00000264. The quantitative estimate of drug-likeness (QED) is 0.885. The molecule has 1 heterocycles. The van der Waals surface area contributed by atoms with Crippen LogP contribution in [0.5, 0.6) is 0 Å². The maximum atomic E-state index is 14.0. The lowest BCUT2D eigenvalue weighted by Gasteiger charge is -2.38. The van der Waals surface area contributed by atoms with Crippen molar-refractivity contribution in [1.82, 2.24) is 4.90 Å². The van der Waals surface area contributed by atoms with E-state index in [4.69, 9.17) is 5.73 Å². The molecule has 2 atom stereocenters. The number of nitrogens with one attached hydrogen (secondary N) is 1. The highest BCUT2D eigenvalue weighted by molar-refractivity contribution is 5.97. The zero-order valence-corrected chi connectivity index (χ0v) is 14.2. The van der Waals surface area contributed by atoms with Gasteiger partial charge in [0.15, 0.2) is 0 Å². The molecular weight excluding hydrogens is 321 g/mol. The Morgan fingerprint density at radius 2 is 2.09 bits per heavy atom. The van der Waals surface area contributed by atoms with Crippen LogP contribution < -0.4 is 11.1 Å². The van der Waals surface area contributed by atoms with Crippen molar-refractivity contribution in [2.45, 2.75) is 45.2 Å². The van der Waals surface area contributed by atoms with Gasteiger partial charge in [0, 0.05) is 31.2 Å². The van der Waals surface area contributed by atoms with E-state index in [9.17, 15) is 14.0 Å². The van der Waals surface area contributed by atoms with Crippen LogP contribution in [-0.4, -0.2) is 35.3 Å². The van der Waals surface area contributed by atoms with Gasteiger partial charge in [-0.3, -0.25) is 9.59 Å². The van der Waals surface area contributed by atoms with Gasteiger partial charge in [-0.15, -0.1) is 12.4 Å². The Morgan fingerprint density at radius 1 is 1.39 bits per heavy atom. The zero-order valence-electron chi connectivity index (χ0n) is 13.3. The van der Waals surface area contributed by atoms with Gasteiger partial charge in [0.05, 0.1) is 5.56 Å². The molecule has 1 aromatic carbocycles. The molecule has 7 heteroatoms. The molecule has 2 rings (SSSR count). The second-order valence-electron chi connectivity index (χ2n) is 5.80. The van der Waals surface area contributed by atoms with Crippen LogP contribution in [0.25, 0.3) is 0 Å². The number of carbonyl (C=O) groups is 2. The molecular formula is C16H23ClFN3O2. The molecule has 1 fully saturated rings. The third kappa shape index (κ3) is 4.65. The fraction of sp³-hybridized carbons (Fsp3) is 0.500. The second-order valence-corrected chi connectivity index (χ2v) is 5.80. The van der Waals surface area contributed by atoms with Gasteiger partial charge in [-0.05, 0) is 44.4 Å². The molecule has 3 N–H and O–H groups in total. The summed E-state index contributed by atoms with van der Waals surface area (Å²) in [7, 11) is 0. The van der Waals surface area contributed by atoms with E-state index in [2.05, 4.69) is 5.32 Å². The van der Waals surface area contributed by atoms with Gasteiger partial charge in [-0.25, -0.2) is 4.39 Å². The Hall–Kier alpha value is -1.66. The van der Waals surface area contributed by atoms with E-state index in [1.165, 1.54) is 25.1 Å². The summed E-state index contributed by atoms with van der Waals surface area (Å²) in [5.41, 5.74) is 6.34. The van der Waals surface area contributed by atoms with E-state index in [1.54, 1.807) is 4.90 Å². The van der Waals surface area contributed by atoms with Crippen LogP contribution in [0.1, 0.15) is 43.5 Å². The van der Waals surface area contributed by atoms with Gasteiger partial charge >= 0.3 is 0 Å². The fourth-order valence-electron chi connectivity index (χ4n) is 2.88. The van der Waals surface area contributed by atoms with Gasteiger partial charge in [0.1, 0.15) is 5.82 Å². The highest BCUT2D eigenvalue weighted by atomic mass is 35.5. The van der Waals surface area contributed by atoms with Crippen molar-refractivity contribution in [2.75, 3.05) is 11.9 Å². The number of piperidine rings is 1. The summed E-state index contributed by atoms with van der Waals surface area (Å²) in [5, 5.41) is 2.56. The minimum absolute atomic E-state index is 0.